The smallest absolute Gasteiger partial charge is 0.318 e. The van der Waals surface area contributed by atoms with Crippen LogP contribution in [0, 0.1) is 0 Å². The molecule has 1 aliphatic rings. The fourth-order valence-electron chi connectivity index (χ4n) is 1.93. The number of aliphatic carboxylic acids is 1. The summed E-state index contributed by atoms with van der Waals surface area (Å²) in [7, 11) is 1.49. The molecule has 1 heterocycles. The number of hydrogen-bond acceptors (Lipinski definition) is 6. The van der Waals surface area contributed by atoms with E-state index in [2.05, 4.69) is 5.32 Å². The SMILES string of the molecule is COc1cc(C2NCC(C(=O)O)S2)ccc1OCC(N)=O. The van der Waals surface area contributed by atoms with E-state index in [9.17, 15) is 9.59 Å². The van der Waals surface area contributed by atoms with Crippen LogP contribution >= 0.6 is 11.8 Å². The van der Waals surface area contributed by atoms with Crippen LogP contribution in [0.3, 0.4) is 0 Å². The van der Waals surface area contributed by atoms with E-state index in [1.54, 1.807) is 18.2 Å². The highest BCUT2D eigenvalue weighted by atomic mass is 32.2. The Morgan fingerprint density at radius 2 is 2.24 bits per heavy atom. The number of hydrogen-bond donors (Lipinski definition) is 3. The Morgan fingerprint density at radius 3 is 2.81 bits per heavy atom. The molecule has 2 atom stereocenters. The maximum Gasteiger partial charge on any atom is 0.318 e. The van der Waals surface area contributed by atoms with Crippen molar-refractivity contribution in [2.75, 3.05) is 20.3 Å². The van der Waals surface area contributed by atoms with Crippen LogP contribution in [0.5, 0.6) is 11.5 Å². The van der Waals surface area contributed by atoms with Crippen molar-refractivity contribution in [3.8, 4) is 11.5 Å². The number of nitrogens with one attached hydrogen (secondary N) is 1. The van der Waals surface area contributed by atoms with Gasteiger partial charge in [-0.2, -0.15) is 0 Å². The summed E-state index contributed by atoms with van der Waals surface area (Å²) in [6.07, 6.45) is 0. The van der Waals surface area contributed by atoms with Crippen molar-refractivity contribution in [1.82, 2.24) is 5.32 Å². The predicted molar refractivity (Wildman–Crippen MR) is 77.4 cm³/mol. The number of rotatable bonds is 6. The van der Waals surface area contributed by atoms with Crippen molar-refractivity contribution < 1.29 is 24.2 Å². The molecule has 2 unspecified atom stereocenters. The van der Waals surface area contributed by atoms with Crippen LogP contribution in [0.2, 0.25) is 0 Å². The minimum atomic E-state index is -0.830. The molecule has 21 heavy (non-hydrogen) atoms. The van der Waals surface area contributed by atoms with Gasteiger partial charge < -0.3 is 20.3 Å². The number of carboxylic acids is 1. The summed E-state index contributed by atoms with van der Waals surface area (Å²) < 4.78 is 10.5. The highest BCUT2D eigenvalue weighted by Crippen LogP contribution is 2.38. The Labute approximate surface area is 125 Å². The molecule has 4 N–H and O–H groups in total. The second-order valence-electron chi connectivity index (χ2n) is 4.42. The third kappa shape index (κ3) is 3.79. The summed E-state index contributed by atoms with van der Waals surface area (Å²) in [5.41, 5.74) is 5.91. The molecular weight excluding hydrogens is 296 g/mol. The summed E-state index contributed by atoms with van der Waals surface area (Å²) in [6, 6.07) is 5.23. The van der Waals surface area contributed by atoms with Crippen LogP contribution in [0.1, 0.15) is 10.9 Å². The largest absolute Gasteiger partial charge is 0.493 e. The number of ether oxygens (including phenoxy) is 2. The zero-order valence-corrected chi connectivity index (χ0v) is 12.2. The number of amides is 1. The van der Waals surface area contributed by atoms with Gasteiger partial charge in [0.05, 0.1) is 12.5 Å². The summed E-state index contributed by atoms with van der Waals surface area (Å²) in [5.74, 6) is -0.519. The van der Waals surface area contributed by atoms with E-state index >= 15 is 0 Å². The van der Waals surface area contributed by atoms with Crippen LogP contribution in [0.4, 0.5) is 0 Å². The average Bonchev–Trinajstić information content (AvgIpc) is 2.94. The zero-order valence-electron chi connectivity index (χ0n) is 11.4. The van der Waals surface area contributed by atoms with Crippen LogP contribution in [0.15, 0.2) is 18.2 Å². The van der Waals surface area contributed by atoms with Gasteiger partial charge in [-0.3, -0.25) is 14.9 Å². The molecule has 8 heteroatoms. The third-order valence-electron chi connectivity index (χ3n) is 2.92. The highest BCUT2D eigenvalue weighted by Gasteiger charge is 2.31. The number of carbonyl (C=O) groups excluding carboxylic acids is 1. The van der Waals surface area contributed by atoms with E-state index in [0.717, 1.165) is 5.56 Å². The molecule has 2 rings (SSSR count). The number of methoxy groups -OCH3 is 1. The molecule has 0 aromatic heterocycles. The lowest BCUT2D eigenvalue weighted by molar-refractivity contribution is -0.136. The quantitative estimate of drug-likeness (QED) is 0.695. The molecule has 0 saturated carbocycles. The second kappa shape index (κ2) is 6.68. The van der Waals surface area contributed by atoms with Crippen molar-refractivity contribution >= 4 is 23.6 Å². The van der Waals surface area contributed by atoms with Gasteiger partial charge in [-0.15, -0.1) is 11.8 Å². The fraction of sp³-hybridized carbons (Fsp3) is 0.385. The fourth-order valence-corrected chi connectivity index (χ4v) is 3.07. The molecule has 0 aliphatic carbocycles. The van der Waals surface area contributed by atoms with Crippen molar-refractivity contribution in [3.63, 3.8) is 0 Å². The van der Waals surface area contributed by atoms with Crippen molar-refractivity contribution in [2.24, 2.45) is 5.73 Å². The summed E-state index contributed by atoms with van der Waals surface area (Å²) in [5, 5.41) is 11.5. The number of nitrogens with two attached hydrogens (primary N) is 1. The van der Waals surface area contributed by atoms with Gasteiger partial charge in [0, 0.05) is 6.54 Å². The Balaban J connectivity index is 2.12. The topological polar surface area (TPSA) is 111 Å². The van der Waals surface area contributed by atoms with Crippen LogP contribution < -0.4 is 20.5 Å². The first-order chi connectivity index (χ1) is 10.0. The van der Waals surface area contributed by atoms with Gasteiger partial charge in [0.15, 0.2) is 18.1 Å². The predicted octanol–water partition coefficient (Wildman–Crippen LogP) is 0.347. The minimum absolute atomic E-state index is 0.120. The first-order valence-electron chi connectivity index (χ1n) is 6.22. The van der Waals surface area contributed by atoms with Gasteiger partial charge in [-0.1, -0.05) is 6.07 Å². The summed E-state index contributed by atoms with van der Waals surface area (Å²) in [6.45, 7) is 0.181. The lowest BCUT2D eigenvalue weighted by Gasteiger charge is -2.14. The Kier molecular flexibility index (Phi) is 4.92. The van der Waals surface area contributed by atoms with E-state index in [-0.39, 0.29) is 12.0 Å². The first kappa shape index (κ1) is 15.5. The molecule has 1 amide bonds. The van der Waals surface area contributed by atoms with Gasteiger partial charge >= 0.3 is 5.97 Å². The van der Waals surface area contributed by atoms with E-state index in [4.69, 9.17) is 20.3 Å². The Morgan fingerprint density at radius 1 is 1.48 bits per heavy atom. The van der Waals surface area contributed by atoms with Gasteiger partial charge in [0.25, 0.3) is 5.91 Å². The molecule has 1 aliphatic heterocycles. The van der Waals surface area contributed by atoms with Crippen molar-refractivity contribution in [2.45, 2.75) is 10.6 Å². The molecule has 0 radical (unpaired) electrons. The Hall–Kier alpha value is -1.93. The molecule has 1 aromatic carbocycles. The molecule has 0 spiro atoms. The molecular formula is C13H16N2O5S. The maximum absolute atomic E-state index is 11.0. The Bertz CT molecular complexity index is 551. The van der Waals surface area contributed by atoms with Gasteiger partial charge in [-0.25, -0.2) is 0 Å². The van der Waals surface area contributed by atoms with E-state index in [1.165, 1.54) is 18.9 Å². The van der Waals surface area contributed by atoms with Crippen LogP contribution in [-0.2, 0) is 9.59 Å². The minimum Gasteiger partial charge on any atom is -0.493 e. The van der Waals surface area contributed by atoms with E-state index in [0.29, 0.717) is 18.0 Å². The standard InChI is InChI=1S/C13H16N2O5S/c1-19-9-4-7(2-3-8(9)20-6-11(14)16)12-15-5-10(21-12)13(17)18/h2-4,10,12,15H,5-6H2,1H3,(H2,14,16)(H,17,18). The van der Waals surface area contributed by atoms with Crippen LogP contribution in [-0.4, -0.2) is 42.5 Å². The maximum atomic E-state index is 11.0. The molecule has 1 aromatic rings. The average molecular weight is 312 g/mol. The van der Waals surface area contributed by atoms with Crippen molar-refractivity contribution in [1.29, 1.82) is 0 Å². The number of primary amides is 1. The number of carbonyl (C=O) groups is 2. The van der Waals surface area contributed by atoms with Gasteiger partial charge in [0.1, 0.15) is 5.25 Å². The normalized spacial score (nSPS) is 21.0. The molecule has 1 fully saturated rings. The second-order valence-corrected chi connectivity index (χ2v) is 5.73. The molecule has 1 saturated heterocycles. The lowest BCUT2D eigenvalue weighted by atomic mass is 10.2. The van der Waals surface area contributed by atoms with Crippen molar-refractivity contribution in [3.05, 3.63) is 23.8 Å². The lowest BCUT2D eigenvalue weighted by Crippen LogP contribution is -2.21. The number of carboxylic acid groups (broad SMARTS) is 1. The number of thioether (sulfide) groups is 1. The monoisotopic (exact) mass is 312 g/mol. The third-order valence-corrected chi connectivity index (χ3v) is 4.33. The summed E-state index contributed by atoms with van der Waals surface area (Å²) >= 11 is 1.33. The summed E-state index contributed by atoms with van der Waals surface area (Å²) in [4.78, 5) is 21.7. The number of benzene rings is 1. The molecule has 7 nitrogen and oxygen atoms in total. The molecule has 0 bridgehead atoms. The van der Waals surface area contributed by atoms with Crippen LogP contribution in [0.25, 0.3) is 0 Å². The van der Waals surface area contributed by atoms with E-state index < -0.39 is 17.1 Å². The molecule has 114 valence electrons. The highest BCUT2D eigenvalue weighted by molar-refractivity contribution is 8.01. The zero-order chi connectivity index (χ0) is 15.4. The van der Waals surface area contributed by atoms with E-state index in [1.807, 2.05) is 0 Å². The van der Waals surface area contributed by atoms with Gasteiger partial charge in [0.2, 0.25) is 0 Å². The van der Waals surface area contributed by atoms with Gasteiger partial charge in [-0.05, 0) is 17.7 Å². The first-order valence-corrected chi connectivity index (χ1v) is 7.16.